The first-order chi connectivity index (χ1) is 18.0. The summed E-state index contributed by atoms with van der Waals surface area (Å²) in [5.74, 6) is 0.974. The normalized spacial score (nSPS) is 11.7. The highest BCUT2D eigenvalue weighted by molar-refractivity contribution is 7.15. The topological polar surface area (TPSA) is 106 Å². The van der Waals surface area contributed by atoms with Gasteiger partial charge in [0.1, 0.15) is 30.6 Å². The summed E-state index contributed by atoms with van der Waals surface area (Å²) in [5.41, 5.74) is 2.28. The van der Waals surface area contributed by atoms with Crippen molar-refractivity contribution in [3.05, 3.63) is 63.7 Å². The lowest BCUT2D eigenvalue weighted by atomic mass is 10.0. The number of carbonyl (C=O) groups excluding carboxylic acids is 1. The molecule has 1 N–H and O–H groups in total. The van der Waals surface area contributed by atoms with Crippen LogP contribution in [0.1, 0.15) is 41.5 Å². The molecule has 200 valence electrons. The molecule has 38 heavy (non-hydrogen) atoms. The smallest absolute Gasteiger partial charge is 0.445 e. The molecule has 0 spiro atoms. The highest BCUT2D eigenvalue weighted by Gasteiger charge is 2.35. The Hall–Kier alpha value is -4.11. The maximum absolute atomic E-state index is 12.7. The van der Waals surface area contributed by atoms with Gasteiger partial charge in [0, 0.05) is 0 Å². The minimum atomic E-state index is -4.68. The van der Waals surface area contributed by atoms with Crippen molar-refractivity contribution in [2.45, 2.75) is 32.9 Å². The molecule has 0 fully saturated rings. The number of hydrogen-bond acceptors (Lipinski definition) is 8. The molecule has 0 aliphatic heterocycles. The third-order valence-corrected chi connectivity index (χ3v) is 6.02. The molecule has 3 rings (SSSR count). The largest absolute Gasteiger partial charge is 0.493 e. The molecule has 0 aliphatic carbocycles. The second-order valence-corrected chi connectivity index (χ2v) is 9.31. The number of nitrogens with one attached hydrogen (secondary N) is 1. The maximum Gasteiger partial charge on any atom is 0.445 e. The van der Waals surface area contributed by atoms with E-state index in [-0.39, 0.29) is 28.6 Å². The lowest BCUT2D eigenvalue weighted by molar-refractivity contribution is -0.138. The number of aryl methyl sites for hydroxylation is 1. The Kier molecular flexibility index (Phi) is 9.30. The number of ether oxygens (including phenoxy) is 3. The van der Waals surface area contributed by atoms with Crippen LogP contribution in [0.4, 0.5) is 18.3 Å². The number of hydrogen-bond donors (Lipinski definition) is 1. The third-order valence-electron chi connectivity index (χ3n) is 5.14. The van der Waals surface area contributed by atoms with Crippen molar-refractivity contribution < 1.29 is 32.2 Å². The van der Waals surface area contributed by atoms with Gasteiger partial charge in [-0.15, -0.1) is 10.2 Å². The summed E-state index contributed by atoms with van der Waals surface area (Å²) in [6.45, 7) is 6.72. The molecule has 2 aromatic carbocycles. The summed E-state index contributed by atoms with van der Waals surface area (Å²) >= 11 is 0.158. The van der Waals surface area contributed by atoms with Crippen LogP contribution in [0.3, 0.4) is 0 Å². The number of nitrogens with zero attached hydrogens (tertiary/aromatic N) is 3. The van der Waals surface area contributed by atoms with E-state index in [4.69, 9.17) is 14.2 Å². The molecule has 0 saturated carbocycles. The van der Waals surface area contributed by atoms with Crippen LogP contribution >= 0.6 is 11.3 Å². The monoisotopic (exact) mass is 546 g/mol. The molecule has 8 nitrogen and oxygen atoms in total. The molecule has 0 saturated heterocycles. The molecular formula is C26H25F3N4O4S. The summed E-state index contributed by atoms with van der Waals surface area (Å²) in [6, 6.07) is 12.6. The standard InChI is InChI=1S/C26H25F3N4O4S/c1-15(2)19-7-5-16(3)11-21(19)37-10-9-36-20-8-6-17(13-22(20)35-4)12-18(14-30)23(34)31-25-33-32-24(38-25)26(27,28)29/h5-8,11-13,15H,9-10H2,1-4H3,(H,31,33,34). The predicted molar refractivity (Wildman–Crippen MR) is 136 cm³/mol. The summed E-state index contributed by atoms with van der Waals surface area (Å²) in [6.07, 6.45) is -3.42. The van der Waals surface area contributed by atoms with Gasteiger partial charge in [0.05, 0.1) is 7.11 Å². The van der Waals surface area contributed by atoms with E-state index in [2.05, 4.69) is 35.4 Å². The number of aromatic nitrogens is 2. The van der Waals surface area contributed by atoms with E-state index in [0.29, 0.717) is 29.6 Å². The predicted octanol–water partition coefficient (Wildman–Crippen LogP) is 6.00. The summed E-state index contributed by atoms with van der Waals surface area (Å²) < 4.78 is 55.2. The first-order valence-electron chi connectivity index (χ1n) is 11.4. The molecule has 3 aromatic rings. The van der Waals surface area contributed by atoms with Gasteiger partial charge in [-0.1, -0.05) is 43.4 Å². The van der Waals surface area contributed by atoms with Crippen molar-refractivity contribution in [1.29, 1.82) is 5.26 Å². The van der Waals surface area contributed by atoms with Crippen LogP contribution in [0.5, 0.6) is 17.2 Å². The zero-order valence-electron chi connectivity index (χ0n) is 21.0. The van der Waals surface area contributed by atoms with Gasteiger partial charge in [-0.05, 0) is 53.8 Å². The van der Waals surface area contributed by atoms with Crippen LogP contribution < -0.4 is 19.5 Å². The van der Waals surface area contributed by atoms with E-state index in [1.54, 1.807) is 24.3 Å². The van der Waals surface area contributed by atoms with E-state index in [1.165, 1.54) is 13.2 Å². The number of halogens is 3. The van der Waals surface area contributed by atoms with E-state index in [1.807, 2.05) is 19.1 Å². The van der Waals surface area contributed by atoms with E-state index < -0.39 is 17.1 Å². The average Bonchev–Trinajstić information content (AvgIpc) is 3.34. The third kappa shape index (κ3) is 7.45. The van der Waals surface area contributed by atoms with Crippen LogP contribution in [0.25, 0.3) is 6.08 Å². The zero-order chi connectivity index (χ0) is 27.9. The molecule has 0 unspecified atom stereocenters. The molecule has 12 heteroatoms. The summed E-state index contributed by atoms with van der Waals surface area (Å²) in [5, 5.41) is 16.2. The minimum absolute atomic E-state index is 0.158. The van der Waals surface area contributed by atoms with Crippen molar-refractivity contribution in [1.82, 2.24) is 10.2 Å². The first-order valence-corrected chi connectivity index (χ1v) is 12.2. The van der Waals surface area contributed by atoms with Crippen LogP contribution in [-0.4, -0.2) is 36.4 Å². The Morgan fingerprint density at radius 2 is 1.82 bits per heavy atom. The summed E-state index contributed by atoms with van der Waals surface area (Å²) in [4.78, 5) is 12.4. The number of nitriles is 1. The van der Waals surface area contributed by atoms with Gasteiger partial charge in [0.25, 0.3) is 5.91 Å². The Bertz CT molecular complexity index is 1360. The molecule has 0 radical (unpaired) electrons. The van der Waals surface area contributed by atoms with Gasteiger partial charge >= 0.3 is 6.18 Å². The van der Waals surface area contributed by atoms with E-state index >= 15 is 0 Å². The number of carbonyl (C=O) groups is 1. The van der Waals surface area contributed by atoms with Crippen molar-refractivity contribution in [2.24, 2.45) is 0 Å². The van der Waals surface area contributed by atoms with E-state index in [0.717, 1.165) is 16.9 Å². The Morgan fingerprint density at radius 3 is 2.42 bits per heavy atom. The van der Waals surface area contributed by atoms with Gasteiger partial charge in [-0.2, -0.15) is 18.4 Å². The number of anilines is 1. The lowest BCUT2D eigenvalue weighted by Gasteiger charge is -2.16. The molecule has 0 atom stereocenters. The van der Waals surface area contributed by atoms with E-state index in [9.17, 15) is 23.2 Å². The molecule has 0 bridgehead atoms. The number of amides is 1. The van der Waals surface area contributed by atoms with Crippen LogP contribution in [0.15, 0.2) is 42.0 Å². The SMILES string of the molecule is COc1cc(C=C(C#N)C(=O)Nc2nnc(C(F)(F)F)s2)ccc1OCCOc1cc(C)ccc1C(C)C. The van der Waals surface area contributed by atoms with Gasteiger partial charge in [0.15, 0.2) is 11.5 Å². The quantitative estimate of drug-likeness (QED) is 0.189. The Labute approximate surface area is 221 Å². The molecular weight excluding hydrogens is 521 g/mol. The lowest BCUT2D eigenvalue weighted by Crippen LogP contribution is -2.13. The number of methoxy groups -OCH3 is 1. The highest BCUT2D eigenvalue weighted by atomic mass is 32.1. The fraction of sp³-hybridized carbons (Fsp3) is 0.308. The van der Waals surface area contributed by atoms with Crippen LogP contribution in [-0.2, 0) is 11.0 Å². The maximum atomic E-state index is 12.7. The van der Waals surface area contributed by atoms with Crippen LogP contribution in [0, 0.1) is 18.3 Å². The van der Waals surface area contributed by atoms with Gasteiger partial charge in [-0.25, -0.2) is 0 Å². The Balaban J connectivity index is 1.65. The van der Waals surface area contributed by atoms with Crippen molar-refractivity contribution in [3.63, 3.8) is 0 Å². The van der Waals surface area contributed by atoms with Gasteiger partial charge < -0.3 is 14.2 Å². The highest BCUT2D eigenvalue weighted by Crippen LogP contribution is 2.33. The number of rotatable bonds is 10. The molecule has 1 aromatic heterocycles. The van der Waals surface area contributed by atoms with Crippen molar-refractivity contribution in [2.75, 3.05) is 25.6 Å². The fourth-order valence-electron chi connectivity index (χ4n) is 3.31. The number of alkyl halides is 3. The van der Waals surface area contributed by atoms with Gasteiger partial charge in [0.2, 0.25) is 10.1 Å². The minimum Gasteiger partial charge on any atom is -0.493 e. The fourth-order valence-corrected chi connectivity index (χ4v) is 3.91. The van der Waals surface area contributed by atoms with Crippen LogP contribution in [0.2, 0.25) is 0 Å². The molecule has 1 amide bonds. The van der Waals surface area contributed by atoms with Gasteiger partial charge in [-0.3, -0.25) is 10.1 Å². The Morgan fingerprint density at radius 1 is 1.11 bits per heavy atom. The average molecular weight is 547 g/mol. The zero-order valence-corrected chi connectivity index (χ0v) is 21.9. The molecule has 0 aliphatic rings. The number of benzene rings is 2. The summed E-state index contributed by atoms with van der Waals surface area (Å²) in [7, 11) is 1.44. The second kappa shape index (κ2) is 12.4. The molecule has 1 heterocycles. The first kappa shape index (κ1) is 28.5. The second-order valence-electron chi connectivity index (χ2n) is 8.34. The van der Waals surface area contributed by atoms with Crippen molar-refractivity contribution >= 4 is 28.5 Å². The van der Waals surface area contributed by atoms with Crippen molar-refractivity contribution in [3.8, 4) is 23.3 Å².